The molecule has 0 aliphatic heterocycles. The van der Waals surface area contributed by atoms with E-state index >= 15 is 0 Å². The molecule has 0 heterocycles. The van der Waals surface area contributed by atoms with Crippen molar-refractivity contribution in [2.45, 2.75) is 44.6 Å². The maximum atomic E-state index is 9.35. The summed E-state index contributed by atoms with van der Waals surface area (Å²) < 4.78 is 0. The minimum Gasteiger partial charge on any atom is -0.394 e. The van der Waals surface area contributed by atoms with E-state index in [4.69, 9.17) is 16.7 Å². The van der Waals surface area contributed by atoms with Gasteiger partial charge in [-0.15, -0.1) is 11.6 Å². The lowest BCUT2D eigenvalue weighted by Gasteiger charge is -2.26. The van der Waals surface area contributed by atoms with Crippen molar-refractivity contribution in [3.05, 3.63) is 11.6 Å². The fourth-order valence-electron chi connectivity index (χ4n) is 1.00. The molecule has 0 saturated carbocycles. The lowest BCUT2D eigenvalue weighted by atomic mass is 9.98. The lowest BCUT2D eigenvalue weighted by Crippen LogP contribution is -2.36. The number of allylic oxidation sites excluding steroid dienone is 2. The van der Waals surface area contributed by atoms with Crippen molar-refractivity contribution in [3.8, 4) is 0 Å². The number of halogens is 1. The Morgan fingerprint density at radius 2 is 2.08 bits per heavy atom. The predicted octanol–water partition coefficient (Wildman–Crippen LogP) is 2.08. The van der Waals surface area contributed by atoms with Crippen LogP contribution in [0.3, 0.4) is 0 Å². The Balaban J connectivity index is 3.96. The largest absolute Gasteiger partial charge is 0.394 e. The van der Waals surface area contributed by atoms with Gasteiger partial charge in [-0.2, -0.15) is 0 Å². The first-order chi connectivity index (χ1) is 5.90. The molecule has 3 heteroatoms. The molecular weight excluding hydrogens is 188 g/mol. The van der Waals surface area contributed by atoms with E-state index in [0.717, 1.165) is 6.42 Å². The molecule has 2 N–H and O–H groups in total. The first kappa shape index (κ1) is 12.9. The van der Waals surface area contributed by atoms with E-state index in [1.54, 1.807) is 6.92 Å². The first-order valence-electron chi connectivity index (χ1n) is 4.51. The molecule has 2 nitrogen and oxygen atoms in total. The molecule has 0 rings (SSSR count). The minimum absolute atomic E-state index is 0.283. The van der Waals surface area contributed by atoms with Crippen LogP contribution in [-0.2, 0) is 0 Å². The van der Waals surface area contributed by atoms with Crippen molar-refractivity contribution < 1.29 is 10.2 Å². The molecule has 0 aromatic rings. The zero-order valence-electron chi connectivity index (χ0n) is 8.55. The van der Waals surface area contributed by atoms with Crippen LogP contribution in [0.25, 0.3) is 0 Å². The van der Waals surface area contributed by atoms with Gasteiger partial charge in [-0.1, -0.05) is 11.6 Å². The van der Waals surface area contributed by atoms with E-state index in [2.05, 4.69) is 6.08 Å². The molecule has 2 atom stereocenters. The monoisotopic (exact) mass is 206 g/mol. The Bertz CT molecular complexity index is 172. The second-order valence-electron chi connectivity index (χ2n) is 3.80. The van der Waals surface area contributed by atoms with Crippen molar-refractivity contribution in [3.63, 3.8) is 0 Å². The van der Waals surface area contributed by atoms with Gasteiger partial charge in [-0.05, 0) is 33.6 Å². The maximum absolute atomic E-state index is 9.35. The first-order valence-corrected chi connectivity index (χ1v) is 4.89. The highest BCUT2D eigenvalue weighted by Crippen LogP contribution is 2.25. The van der Waals surface area contributed by atoms with Gasteiger partial charge in [-0.25, -0.2) is 0 Å². The molecule has 0 bridgehead atoms. The molecule has 78 valence electrons. The van der Waals surface area contributed by atoms with Crippen molar-refractivity contribution in [2.75, 3.05) is 6.61 Å². The molecule has 0 unspecified atom stereocenters. The molecule has 0 aliphatic carbocycles. The van der Waals surface area contributed by atoms with Crippen LogP contribution >= 0.6 is 11.6 Å². The highest BCUT2D eigenvalue weighted by atomic mass is 35.5. The third-order valence-electron chi connectivity index (χ3n) is 2.05. The summed E-state index contributed by atoms with van der Waals surface area (Å²) in [7, 11) is 0. The maximum Gasteiger partial charge on any atom is 0.0959 e. The van der Waals surface area contributed by atoms with Gasteiger partial charge in [0.05, 0.1) is 17.6 Å². The number of aliphatic hydroxyl groups excluding tert-OH is 2. The van der Waals surface area contributed by atoms with Crippen LogP contribution < -0.4 is 0 Å². The highest BCUT2D eigenvalue weighted by Gasteiger charge is 2.28. The third kappa shape index (κ3) is 5.29. The van der Waals surface area contributed by atoms with Crippen LogP contribution in [0, 0.1) is 0 Å². The van der Waals surface area contributed by atoms with Crippen molar-refractivity contribution >= 4 is 11.6 Å². The second-order valence-corrected chi connectivity index (χ2v) is 4.66. The summed E-state index contributed by atoms with van der Waals surface area (Å²) in [6.07, 6.45) is 2.73. The number of hydrogen-bond acceptors (Lipinski definition) is 2. The van der Waals surface area contributed by atoms with Gasteiger partial charge < -0.3 is 10.2 Å². The number of rotatable bonds is 5. The molecule has 0 aliphatic rings. The number of aliphatic hydroxyl groups is 2. The zero-order valence-corrected chi connectivity index (χ0v) is 9.30. The van der Waals surface area contributed by atoms with Crippen LogP contribution in [0.1, 0.15) is 33.6 Å². The van der Waals surface area contributed by atoms with E-state index in [1.807, 2.05) is 13.8 Å². The predicted molar refractivity (Wildman–Crippen MR) is 56.0 cm³/mol. The topological polar surface area (TPSA) is 40.5 Å². The Labute approximate surface area is 85.2 Å². The van der Waals surface area contributed by atoms with Gasteiger partial charge in [-0.3, -0.25) is 0 Å². The fourth-order valence-corrected chi connectivity index (χ4v) is 1.18. The molecule has 0 amide bonds. The number of hydrogen-bond donors (Lipinski definition) is 2. The molecule has 0 aromatic heterocycles. The molecule has 13 heavy (non-hydrogen) atoms. The summed E-state index contributed by atoms with van der Waals surface area (Å²) in [5.41, 5.74) is 1.24. The van der Waals surface area contributed by atoms with Gasteiger partial charge in [0, 0.05) is 0 Å². The highest BCUT2D eigenvalue weighted by molar-refractivity contribution is 6.24. The van der Waals surface area contributed by atoms with E-state index < -0.39 is 11.0 Å². The van der Waals surface area contributed by atoms with Gasteiger partial charge in [0.1, 0.15) is 0 Å². The molecule has 0 radical (unpaired) electrons. The van der Waals surface area contributed by atoms with Gasteiger partial charge in [0.25, 0.3) is 0 Å². The van der Waals surface area contributed by atoms with Crippen LogP contribution in [0.15, 0.2) is 11.6 Å². The smallest absolute Gasteiger partial charge is 0.0959 e. The average molecular weight is 207 g/mol. The van der Waals surface area contributed by atoms with E-state index in [1.165, 1.54) is 5.57 Å². The van der Waals surface area contributed by atoms with Gasteiger partial charge >= 0.3 is 0 Å². The Kier molecular flexibility index (Phi) is 5.61. The van der Waals surface area contributed by atoms with Crippen LogP contribution in [0.4, 0.5) is 0 Å². The van der Waals surface area contributed by atoms with Crippen molar-refractivity contribution in [1.82, 2.24) is 0 Å². The SMILES string of the molecule is CC(C)=CCC[C@@](C)(Cl)[C@@H](O)CO. The molecule has 0 spiro atoms. The summed E-state index contributed by atoms with van der Waals surface area (Å²) in [4.78, 5) is -0.722. The standard InChI is InChI=1S/C10H19ClO2/c1-8(2)5-4-6-10(3,11)9(13)7-12/h5,9,12-13H,4,6-7H2,1-3H3/t9-,10+/m0/s1. The molecule has 0 aromatic carbocycles. The fraction of sp³-hybridized carbons (Fsp3) is 0.800. The average Bonchev–Trinajstić information content (AvgIpc) is 2.01. The third-order valence-corrected chi connectivity index (χ3v) is 2.49. The minimum atomic E-state index is -0.847. The summed E-state index contributed by atoms with van der Waals surface area (Å²) >= 11 is 6.03. The Morgan fingerprint density at radius 1 is 1.54 bits per heavy atom. The van der Waals surface area contributed by atoms with Gasteiger partial charge in [0.15, 0.2) is 0 Å². The van der Waals surface area contributed by atoms with E-state index in [9.17, 15) is 5.11 Å². The summed E-state index contributed by atoms with van der Waals surface area (Å²) in [6.45, 7) is 5.51. The number of alkyl halides is 1. The van der Waals surface area contributed by atoms with Crippen LogP contribution in [0.2, 0.25) is 0 Å². The zero-order chi connectivity index (χ0) is 10.5. The summed E-state index contributed by atoms with van der Waals surface area (Å²) in [5.74, 6) is 0. The van der Waals surface area contributed by atoms with E-state index in [0.29, 0.717) is 6.42 Å². The normalized spacial score (nSPS) is 17.7. The Morgan fingerprint density at radius 3 is 2.46 bits per heavy atom. The molecule has 0 fully saturated rings. The lowest BCUT2D eigenvalue weighted by molar-refractivity contribution is 0.0622. The van der Waals surface area contributed by atoms with Crippen LogP contribution in [0.5, 0.6) is 0 Å². The second kappa shape index (κ2) is 5.63. The summed E-state index contributed by atoms with van der Waals surface area (Å²) in [6, 6.07) is 0. The van der Waals surface area contributed by atoms with Crippen LogP contribution in [-0.4, -0.2) is 27.8 Å². The summed E-state index contributed by atoms with van der Waals surface area (Å²) in [5, 5.41) is 18.1. The van der Waals surface area contributed by atoms with Crippen molar-refractivity contribution in [1.29, 1.82) is 0 Å². The van der Waals surface area contributed by atoms with Gasteiger partial charge in [0.2, 0.25) is 0 Å². The quantitative estimate of drug-likeness (QED) is 0.534. The van der Waals surface area contributed by atoms with E-state index in [-0.39, 0.29) is 6.61 Å². The Hall–Kier alpha value is -0.0500. The molecule has 0 saturated heterocycles. The van der Waals surface area contributed by atoms with Crippen molar-refractivity contribution in [2.24, 2.45) is 0 Å². The molecular formula is C10H19ClO2.